The van der Waals surface area contributed by atoms with Crippen LogP contribution in [0.5, 0.6) is 5.75 Å². The molecule has 15 heteroatoms. The number of halogens is 2. The molecule has 0 heterocycles. The Morgan fingerprint density at radius 2 is 1.26 bits per heavy atom. The molecule has 0 aliphatic heterocycles. The van der Waals surface area contributed by atoms with E-state index in [0.717, 1.165) is 11.1 Å². The van der Waals surface area contributed by atoms with Crippen LogP contribution in [-0.4, -0.2) is 58.5 Å². The summed E-state index contributed by atoms with van der Waals surface area (Å²) in [5.74, 6) is -0.0590. The van der Waals surface area contributed by atoms with Crippen LogP contribution in [0.1, 0.15) is 34.0 Å². The van der Waals surface area contributed by atoms with Crippen molar-refractivity contribution in [3.63, 3.8) is 0 Å². The summed E-state index contributed by atoms with van der Waals surface area (Å²) in [6.07, 6.45) is -1.34. The molecule has 236 valence electrons. The fourth-order valence-corrected chi connectivity index (χ4v) is 5.31. The molecule has 3 aromatic carbocycles. The summed E-state index contributed by atoms with van der Waals surface area (Å²) in [6, 6.07) is 16.0. The summed E-state index contributed by atoms with van der Waals surface area (Å²) in [4.78, 5) is 21.6. The van der Waals surface area contributed by atoms with Crippen molar-refractivity contribution < 1.29 is 62.8 Å². The molecule has 0 unspecified atom stereocenters. The van der Waals surface area contributed by atoms with Crippen LogP contribution >= 0.6 is 11.6 Å². The van der Waals surface area contributed by atoms with Crippen LogP contribution < -0.4 is 22.9 Å². The Hall–Kier alpha value is -2.88. The third kappa shape index (κ3) is 12.0. The van der Waals surface area contributed by atoms with E-state index in [2.05, 4.69) is 5.73 Å². The van der Waals surface area contributed by atoms with E-state index in [9.17, 15) is 31.5 Å². The molecule has 0 amide bonds. The van der Waals surface area contributed by atoms with Gasteiger partial charge in [0.25, 0.3) is 25.5 Å². The lowest BCUT2D eigenvalue weighted by Gasteiger charge is -2.16. The molecule has 3 aromatic rings. The van der Waals surface area contributed by atoms with E-state index in [-0.39, 0.29) is 22.2 Å². The Morgan fingerprint density at radius 1 is 0.814 bits per heavy atom. The molecular formula is C28H33Cl2NO10S2. The monoisotopic (exact) mass is 677 g/mol. The zero-order valence-corrected chi connectivity index (χ0v) is 27.0. The number of hydrogen-bond donors (Lipinski definition) is 2. The third-order valence-corrected chi connectivity index (χ3v) is 8.54. The smallest absolute Gasteiger partial charge is 0.308 e. The van der Waals surface area contributed by atoms with Gasteiger partial charge in [0.15, 0.2) is 0 Å². The standard InChI is InChI=1S/C18H23NO7S2.C10H9ClO3.ClH/c1-13-3-7-15(8-4-13)27(21,22)25-11-17(19)18(20)12-26-28(23,24)16-9-5-14(2)6-10-16;1-6-8(10(11)13)4-3-5-9(6)14-7(2)12;/h3-10,17-18,20H,11-12,19H2,1-2H3;3-5H,1-2H3;1H/t17-,18+;;/m0../s1. The number of hydrogen-bond acceptors (Lipinski definition) is 10. The first-order valence-corrected chi connectivity index (χ1v) is 15.6. The van der Waals surface area contributed by atoms with Gasteiger partial charge in [-0.15, -0.1) is 0 Å². The highest BCUT2D eigenvalue weighted by Gasteiger charge is 2.26. The van der Waals surface area contributed by atoms with Gasteiger partial charge in [-0.3, -0.25) is 18.0 Å². The highest BCUT2D eigenvalue weighted by atomic mass is 35.5. The molecule has 0 spiro atoms. The fourth-order valence-electron chi connectivity index (χ4n) is 3.22. The summed E-state index contributed by atoms with van der Waals surface area (Å²) in [6.45, 7) is 5.62. The second-order valence-electron chi connectivity index (χ2n) is 9.23. The van der Waals surface area contributed by atoms with Crippen LogP contribution in [0.15, 0.2) is 76.5 Å². The maximum Gasteiger partial charge on any atom is 0.308 e. The Labute approximate surface area is 262 Å². The van der Waals surface area contributed by atoms with E-state index in [1.54, 1.807) is 49.4 Å². The maximum atomic E-state index is 12.1. The van der Waals surface area contributed by atoms with E-state index < -0.39 is 56.8 Å². The summed E-state index contributed by atoms with van der Waals surface area (Å²) >= 11 is 5.34. The molecule has 0 saturated carbocycles. The number of esters is 1. The number of aliphatic hydroxyl groups is 1. The van der Waals surface area contributed by atoms with Gasteiger partial charge in [-0.25, -0.2) is 0 Å². The second kappa shape index (κ2) is 16.8. The van der Waals surface area contributed by atoms with Gasteiger partial charge in [0.2, 0.25) is 0 Å². The van der Waals surface area contributed by atoms with Gasteiger partial charge in [-0.05, 0) is 68.8 Å². The third-order valence-electron chi connectivity index (χ3n) is 5.74. The number of carbonyl (C=O) groups excluding carboxylic acids is 2. The van der Waals surface area contributed by atoms with Crippen LogP contribution in [0.4, 0.5) is 0 Å². The molecular weight excluding hydrogens is 645 g/mol. The number of quaternary nitrogens is 1. The average Bonchev–Trinajstić information content (AvgIpc) is 2.92. The van der Waals surface area contributed by atoms with E-state index in [1.807, 2.05) is 13.8 Å². The minimum absolute atomic E-state index is 0. The van der Waals surface area contributed by atoms with Crippen LogP contribution in [-0.2, 0) is 33.4 Å². The van der Waals surface area contributed by atoms with Crippen molar-refractivity contribution in [1.82, 2.24) is 0 Å². The first-order valence-electron chi connectivity index (χ1n) is 12.4. The van der Waals surface area contributed by atoms with Crippen molar-refractivity contribution in [1.29, 1.82) is 0 Å². The Kier molecular flexibility index (Phi) is 14.9. The molecule has 4 N–H and O–H groups in total. The van der Waals surface area contributed by atoms with E-state index in [4.69, 9.17) is 24.7 Å². The van der Waals surface area contributed by atoms with Crippen molar-refractivity contribution in [2.75, 3.05) is 13.2 Å². The van der Waals surface area contributed by atoms with Crippen molar-refractivity contribution >= 4 is 43.0 Å². The molecule has 11 nitrogen and oxygen atoms in total. The predicted octanol–water partition coefficient (Wildman–Crippen LogP) is -0.311. The maximum absolute atomic E-state index is 12.1. The van der Waals surface area contributed by atoms with Gasteiger partial charge in [-0.1, -0.05) is 41.5 Å². The summed E-state index contributed by atoms with van der Waals surface area (Å²) < 4.78 is 63.2. The average molecular weight is 679 g/mol. The van der Waals surface area contributed by atoms with Gasteiger partial charge >= 0.3 is 5.97 Å². The lowest BCUT2D eigenvalue weighted by Crippen LogP contribution is -3.00. The molecule has 0 aliphatic carbocycles. The number of benzene rings is 3. The van der Waals surface area contributed by atoms with E-state index in [1.165, 1.54) is 31.2 Å². The second-order valence-corrected chi connectivity index (χ2v) is 12.8. The minimum Gasteiger partial charge on any atom is -1.00 e. The Balaban J connectivity index is 0.000000519. The first kappa shape index (κ1) is 38.1. The number of ether oxygens (including phenoxy) is 1. The zero-order chi connectivity index (χ0) is 31.7. The zero-order valence-electron chi connectivity index (χ0n) is 23.8. The molecule has 0 aliphatic rings. The minimum atomic E-state index is -4.04. The molecule has 0 saturated heterocycles. The quantitative estimate of drug-likeness (QED) is 0.118. The largest absolute Gasteiger partial charge is 1.00 e. The van der Waals surface area contributed by atoms with Gasteiger partial charge < -0.3 is 28.0 Å². The molecule has 2 atom stereocenters. The van der Waals surface area contributed by atoms with Gasteiger partial charge in [0.05, 0.1) is 16.4 Å². The van der Waals surface area contributed by atoms with Gasteiger partial charge in [0.1, 0.15) is 24.5 Å². The predicted molar refractivity (Wildman–Crippen MR) is 154 cm³/mol. The van der Waals surface area contributed by atoms with Crippen LogP contribution in [0.3, 0.4) is 0 Å². The molecule has 0 fully saturated rings. The first-order chi connectivity index (χ1) is 19.5. The molecule has 43 heavy (non-hydrogen) atoms. The number of rotatable bonds is 11. The summed E-state index contributed by atoms with van der Waals surface area (Å²) in [5.41, 5.74) is 6.34. The Bertz CT molecular complexity index is 1510. The van der Waals surface area contributed by atoms with Crippen LogP contribution in [0.25, 0.3) is 0 Å². The van der Waals surface area contributed by atoms with Crippen molar-refractivity contribution in [3.05, 3.63) is 89.0 Å². The molecule has 0 bridgehead atoms. The molecule has 0 radical (unpaired) electrons. The molecule has 3 rings (SSSR count). The Morgan fingerprint density at radius 3 is 1.67 bits per heavy atom. The highest BCUT2D eigenvalue weighted by molar-refractivity contribution is 7.87. The molecule has 0 aromatic heterocycles. The number of aryl methyl sites for hydroxylation is 2. The van der Waals surface area contributed by atoms with Gasteiger partial charge in [0, 0.05) is 18.1 Å². The van der Waals surface area contributed by atoms with E-state index in [0.29, 0.717) is 16.9 Å². The van der Waals surface area contributed by atoms with E-state index >= 15 is 0 Å². The van der Waals surface area contributed by atoms with Crippen LogP contribution in [0, 0.1) is 20.8 Å². The number of carbonyl (C=O) groups is 2. The fraction of sp³-hybridized carbons (Fsp3) is 0.286. The number of aliphatic hydroxyl groups excluding tert-OH is 1. The topological polar surface area (TPSA) is 178 Å². The van der Waals surface area contributed by atoms with Crippen molar-refractivity contribution in [2.24, 2.45) is 0 Å². The highest BCUT2D eigenvalue weighted by Crippen LogP contribution is 2.22. The van der Waals surface area contributed by atoms with Crippen LogP contribution in [0.2, 0.25) is 0 Å². The normalized spacial score (nSPS) is 12.6. The van der Waals surface area contributed by atoms with Crippen molar-refractivity contribution in [3.8, 4) is 5.75 Å². The summed E-state index contributed by atoms with van der Waals surface area (Å²) in [7, 11) is -8.05. The van der Waals surface area contributed by atoms with Crippen molar-refractivity contribution in [2.45, 2.75) is 49.6 Å². The van der Waals surface area contributed by atoms with Gasteiger partial charge in [-0.2, -0.15) is 16.8 Å². The summed E-state index contributed by atoms with van der Waals surface area (Å²) in [5, 5.41) is 9.49. The SMILES string of the molecule is CC(=O)Oc1cccc(C(=O)Cl)c1C.Cc1ccc(S(=O)(=O)OC[C@@H](O)[C@@H]([NH3+])COS(=O)(=O)c2ccc(C)cc2)cc1.[Cl-]. The lowest BCUT2D eigenvalue weighted by atomic mass is 10.1. The lowest BCUT2D eigenvalue weighted by molar-refractivity contribution is -0.442.